The van der Waals surface area contributed by atoms with Crippen LogP contribution in [0.25, 0.3) is 22.5 Å². The SMILES string of the molecule is COc1ccc(-n2nc(C(=CC(=O)N(C)O)c3ccc(F)cc3)cc2-c2ccc(C)cc2)cc1. The van der Waals surface area contributed by atoms with Crippen molar-refractivity contribution in [3.63, 3.8) is 0 Å². The number of benzene rings is 3. The van der Waals surface area contributed by atoms with Crippen molar-refractivity contribution in [1.82, 2.24) is 14.8 Å². The molecule has 7 heteroatoms. The van der Waals surface area contributed by atoms with Gasteiger partial charge < -0.3 is 4.74 Å². The quantitative estimate of drug-likeness (QED) is 0.243. The molecular formula is C27H24FN3O3. The number of nitrogens with zero attached hydrogens (tertiary/aromatic N) is 3. The Kier molecular flexibility index (Phi) is 6.56. The van der Waals surface area contributed by atoms with Crippen LogP contribution in [0, 0.1) is 12.7 Å². The van der Waals surface area contributed by atoms with E-state index in [0.717, 1.165) is 28.3 Å². The van der Waals surface area contributed by atoms with Gasteiger partial charge in [-0.3, -0.25) is 10.0 Å². The second-order valence-corrected chi connectivity index (χ2v) is 7.82. The fourth-order valence-corrected chi connectivity index (χ4v) is 3.51. The standard InChI is InChI=1S/C27H24FN3O3/c1-18-4-6-20(7-5-18)26-17-25(29-31(26)22-12-14-23(34-3)15-13-22)24(16-27(32)30(2)33)19-8-10-21(28)11-9-19/h4-17,33H,1-3H3. The molecule has 0 aliphatic heterocycles. The molecule has 0 bridgehead atoms. The highest BCUT2D eigenvalue weighted by molar-refractivity contribution is 5.98. The smallest absolute Gasteiger partial charge is 0.270 e. The third-order valence-corrected chi connectivity index (χ3v) is 5.39. The first-order valence-corrected chi connectivity index (χ1v) is 10.6. The molecule has 1 N–H and O–H groups in total. The molecule has 4 aromatic rings. The van der Waals surface area contributed by atoms with E-state index in [2.05, 4.69) is 0 Å². The maximum Gasteiger partial charge on any atom is 0.270 e. The Balaban J connectivity index is 1.92. The summed E-state index contributed by atoms with van der Waals surface area (Å²) < 4.78 is 20.6. The van der Waals surface area contributed by atoms with Gasteiger partial charge in [0, 0.05) is 24.3 Å². The monoisotopic (exact) mass is 457 g/mol. The zero-order valence-electron chi connectivity index (χ0n) is 19.1. The van der Waals surface area contributed by atoms with E-state index in [1.54, 1.807) is 23.9 Å². The molecule has 1 aromatic heterocycles. The molecule has 0 aliphatic rings. The van der Waals surface area contributed by atoms with Gasteiger partial charge in [0.2, 0.25) is 0 Å². The highest BCUT2D eigenvalue weighted by Crippen LogP contribution is 2.31. The van der Waals surface area contributed by atoms with Gasteiger partial charge in [0.25, 0.3) is 5.91 Å². The Labute approximate surface area is 197 Å². The number of hydrogen-bond donors (Lipinski definition) is 1. The third kappa shape index (κ3) is 4.89. The summed E-state index contributed by atoms with van der Waals surface area (Å²) in [5.74, 6) is -0.301. The molecule has 0 radical (unpaired) electrons. The lowest BCUT2D eigenvalue weighted by Crippen LogP contribution is -2.20. The Morgan fingerprint density at radius 2 is 1.68 bits per heavy atom. The van der Waals surface area contributed by atoms with Gasteiger partial charge in [-0.25, -0.2) is 14.1 Å². The summed E-state index contributed by atoms with van der Waals surface area (Å²) in [7, 11) is 2.85. The van der Waals surface area contributed by atoms with Gasteiger partial charge in [0.05, 0.1) is 24.2 Å². The fraction of sp³-hybridized carbons (Fsp3) is 0.111. The zero-order valence-corrected chi connectivity index (χ0v) is 19.1. The molecule has 34 heavy (non-hydrogen) atoms. The van der Waals surface area contributed by atoms with Crippen molar-refractivity contribution < 1.29 is 19.1 Å². The van der Waals surface area contributed by atoms with Gasteiger partial charge in [-0.1, -0.05) is 42.0 Å². The van der Waals surface area contributed by atoms with Gasteiger partial charge in [-0.2, -0.15) is 5.10 Å². The largest absolute Gasteiger partial charge is 0.497 e. The predicted molar refractivity (Wildman–Crippen MR) is 128 cm³/mol. The van der Waals surface area contributed by atoms with E-state index < -0.39 is 11.7 Å². The molecule has 0 fully saturated rings. The summed E-state index contributed by atoms with van der Waals surface area (Å²) in [6.07, 6.45) is 1.28. The van der Waals surface area contributed by atoms with Gasteiger partial charge in [-0.05, 0) is 55.0 Å². The van der Waals surface area contributed by atoms with E-state index in [1.807, 2.05) is 61.5 Å². The molecular weight excluding hydrogens is 433 g/mol. The number of carbonyl (C=O) groups excluding carboxylic acids is 1. The zero-order chi connectivity index (χ0) is 24.2. The number of methoxy groups -OCH3 is 1. The van der Waals surface area contributed by atoms with Crippen molar-refractivity contribution in [1.29, 1.82) is 0 Å². The molecule has 0 atom stereocenters. The van der Waals surface area contributed by atoms with Crippen LogP contribution >= 0.6 is 0 Å². The van der Waals surface area contributed by atoms with Crippen LogP contribution in [0.15, 0.2) is 84.9 Å². The Hall–Kier alpha value is -4.23. The molecule has 4 rings (SSSR count). The lowest BCUT2D eigenvalue weighted by Gasteiger charge is -2.09. The Morgan fingerprint density at radius 3 is 2.26 bits per heavy atom. The highest BCUT2D eigenvalue weighted by Gasteiger charge is 2.18. The van der Waals surface area contributed by atoms with E-state index in [9.17, 15) is 14.4 Å². The van der Waals surface area contributed by atoms with Crippen LogP contribution in [-0.4, -0.2) is 40.1 Å². The van der Waals surface area contributed by atoms with E-state index in [-0.39, 0.29) is 0 Å². The Bertz CT molecular complexity index is 1320. The second kappa shape index (κ2) is 9.72. The van der Waals surface area contributed by atoms with Crippen molar-refractivity contribution in [2.24, 2.45) is 0 Å². The Morgan fingerprint density at radius 1 is 1.03 bits per heavy atom. The average Bonchev–Trinajstić information content (AvgIpc) is 3.28. The molecule has 0 saturated carbocycles. The van der Waals surface area contributed by atoms with Crippen molar-refractivity contribution >= 4 is 11.5 Å². The van der Waals surface area contributed by atoms with E-state index in [1.165, 1.54) is 25.3 Å². The first-order chi connectivity index (χ1) is 16.4. The number of ether oxygens (including phenoxy) is 1. The van der Waals surface area contributed by atoms with Gasteiger partial charge in [0.1, 0.15) is 11.6 Å². The van der Waals surface area contributed by atoms with Crippen molar-refractivity contribution in [3.05, 3.63) is 108 Å². The minimum absolute atomic E-state index is 0.391. The number of hydrogen-bond acceptors (Lipinski definition) is 4. The van der Waals surface area contributed by atoms with Crippen LogP contribution in [0.1, 0.15) is 16.8 Å². The van der Waals surface area contributed by atoms with E-state index in [4.69, 9.17) is 9.84 Å². The molecule has 0 unspecified atom stereocenters. The first kappa shape index (κ1) is 22.9. The van der Waals surface area contributed by atoms with Gasteiger partial charge in [0.15, 0.2) is 0 Å². The third-order valence-electron chi connectivity index (χ3n) is 5.39. The van der Waals surface area contributed by atoms with Gasteiger partial charge in [-0.15, -0.1) is 0 Å². The average molecular weight is 458 g/mol. The summed E-state index contributed by atoms with van der Waals surface area (Å²) in [5, 5.41) is 14.9. The lowest BCUT2D eigenvalue weighted by molar-refractivity contribution is -0.153. The number of carbonyl (C=O) groups is 1. The highest BCUT2D eigenvalue weighted by atomic mass is 19.1. The van der Waals surface area contributed by atoms with Crippen LogP contribution in [-0.2, 0) is 4.79 Å². The van der Waals surface area contributed by atoms with Crippen molar-refractivity contribution in [2.45, 2.75) is 6.92 Å². The second-order valence-electron chi connectivity index (χ2n) is 7.82. The fourth-order valence-electron chi connectivity index (χ4n) is 3.51. The maximum atomic E-state index is 13.6. The van der Waals surface area contributed by atoms with Crippen molar-refractivity contribution in [3.8, 4) is 22.7 Å². The molecule has 172 valence electrons. The van der Waals surface area contributed by atoms with Gasteiger partial charge >= 0.3 is 0 Å². The van der Waals surface area contributed by atoms with E-state index >= 15 is 0 Å². The van der Waals surface area contributed by atoms with Crippen molar-refractivity contribution in [2.75, 3.05) is 14.2 Å². The number of hydroxylamine groups is 2. The molecule has 0 spiro atoms. The topological polar surface area (TPSA) is 67.6 Å². The molecule has 1 heterocycles. The number of aromatic nitrogens is 2. The summed E-state index contributed by atoms with van der Waals surface area (Å²) in [6, 6.07) is 23.2. The minimum Gasteiger partial charge on any atom is -0.497 e. The first-order valence-electron chi connectivity index (χ1n) is 10.6. The number of likely N-dealkylation sites (N-methyl/N-ethyl adjacent to an activating group) is 1. The summed E-state index contributed by atoms with van der Waals surface area (Å²) in [6.45, 7) is 2.02. The van der Waals surface area contributed by atoms with Crippen LogP contribution in [0.5, 0.6) is 5.75 Å². The van der Waals surface area contributed by atoms with Crippen LogP contribution < -0.4 is 4.74 Å². The number of amides is 1. The number of aryl methyl sites for hydroxylation is 1. The lowest BCUT2D eigenvalue weighted by atomic mass is 10.0. The maximum absolute atomic E-state index is 13.6. The summed E-state index contributed by atoms with van der Waals surface area (Å²) in [4.78, 5) is 12.4. The molecule has 1 amide bonds. The van der Waals surface area contributed by atoms with Crippen LogP contribution in [0.2, 0.25) is 0 Å². The number of rotatable bonds is 6. The summed E-state index contributed by atoms with van der Waals surface area (Å²) >= 11 is 0. The van der Waals surface area contributed by atoms with Crippen LogP contribution in [0.4, 0.5) is 4.39 Å². The normalized spacial score (nSPS) is 11.4. The van der Waals surface area contributed by atoms with E-state index in [0.29, 0.717) is 21.9 Å². The molecule has 3 aromatic carbocycles. The summed E-state index contributed by atoms with van der Waals surface area (Å²) in [5.41, 5.74) is 5.20. The molecule has 6 nitrogen and oxygen atoms in total. The molecule has 0 aliphatic carbocycles. The van der Waals surface area contributed by atoms with Crippen LogP contribution in [0.3, 0.4) is 0 Å². The minimum atomic E-state index is -0.629. The predicted octanol–water partition coefficient (Wildman–Crippen LogP) is 5.27. The number of halogens is 1. The molecule has 0 saturated heterocycles.